The lowest BCUT2D eigenvalue weighted by atomic mass is 9.83. The molecule has 5 nitrogen and oxygen atoms in total. The summed E-state index contributed by atoms with van der Waals surface area (Å²) in [7, 11) is 1.85. The highest BCUT2D eigenvalue weighted by molar-refractivity contribution is 5.92. The summed E-state index contributed by atoms with van der Waals surface area (Å²) in [6.07, 6.45) is 8.49. The third kappa shape index (κ3) is 4.06. The molecule has 1 aromatic carbocycles. The Morgan fingerprint density at radius 1 is 1.24 bits per heavy atom. The number of carbonyl (C=O) groups excluding carboxylic acids is 1. The molecule has 2 aromatic rings. The minimum atomic E-state index is -0.314. The Labute approximate surface area is 147 Å². The van der Waals surface area contributed by atoms with Crippen LogP contribution in [0.3, 0.4) is 0 Å². The molecule has 3 rings (SSSR count). The van der Waals surface area contributed by atoms with Crippen molar-refractivity contribution >= 4 is 5.91 Å². The van der Waals surface area contributed by atoms with Crippen LogP contribution in [0.4, 0.5) is 4.39 Å². The van der Waals surface area contributed by atoms with Crippen LogP contribution in [-0.4, -0.2) is 38.9 Å². The molecule has 0 N–H and O–H groups in total. The number of carbonyl (C=O) groups is 1. The van der Waals surface area contributed by atoms with Crippen LogP contribution in [0.25, 0.3) is 5.69 Å². The Balaban J connectivity index is 1.64. The van der Waals surface area contributed by atoms with Crippen molar-refractivity contribution in [2.75, 3.05) is 7.05 Å². The van der Waals surface area contributed by atoms with Crippen LogP contribution in [0.15, 0.2) is 30.5 Å². The van der Waals surface area contributed by atoms with Crippen molar-refractivity contribution in [2.45, 2.75) is 51.5 Å². The van der Waals surface area contributed by atoms with E-state index in [-0.39, 0.29) is 17.8 Å². The van der Waals surface area contributed by atoms with Gasteiger partial charge in [0.15, 0.2) is 5.69 Å². The summed E-state index contributed by atoms with van der Waals surface area (Å²) in [5, 5.41) is 8.40. The van der Waals surface area contributed by atoms with Crippen LogP contribution in [-0.2, 0) is 0 Å². The zero-order valence-electron chi connectivity index (χ0n) is 14.9. The topological polar surface area (TPSA) is 51.0 Å². The van der Waals surface area contributed by atoms with Gasteiger partial charge in [-0.05, 0) is 55.9 Å². The summed E-state index contributed by atoms with van der Waals surface area (Å²) in [4.78, 5) is 15.9. The molecule has 0 aliphatic heterocycles. The first-order valence-corrected chi connectivity index (χ1v) is 9.04. The zero-order valence-corrected chi connectivity index (χ0v) is 14.9. The fourth-order valence-electron chi connectivity index (χ4n) is 3.64. The zero-order chi connectivity index (χ0) is 17.8. The maximum atomic E-state index is 13.0. The molecule has 1 saturated carbocycles. The Kier molecular flexibility index (Phi) is 5.46. The lowest BCUT2D eigenvalue weighted by molar-refractivity contribution is 0.0666. The molecule has 0 atom stereocenters. The van der Waals surface area contributed by atoms with E-state index in [1.54, 1.807) is 17.0 Å². The summed E-state index contributed by atoms with van der Waals surface area (Å²) in [5.74, 6) is 0.391. The van der Waals surface area contributed by atoms with Crippen LogP contribution in [0.5, 0.6) is 0 Å². The van der Waals surface area contributed by atoms with Crippen LogP contribution in [0.1, 0.15) is 55.9 Å². The van der Waals surface area contributed by atoms with Crippen molar-refractivity contribution in [3.63, 3.8) is 0 Å². The Bertz CT molecular complexity index is 704. The summed E-state index contributed by atoms with van der Waals surface area (Å²) < 4.78 is 13.0. The molecule has 6 heteroatoms. The average molecular weight is 344 g/mol. The Morgan fingerprint density at radius 3 is 2.56 bits per heavy atom. The first kappa shape index (κ1) is 17.6. The van der Waals surface area contributed by atoms with Gasteiger partial charge < -0.3 is 4.90 Å². The summed E-state index contributed by atoms with van der Waals surface area (Å²) >= 11 is 0. The Morgan fingerprint density at radius 2 is 1.92 bits per heavy atom. The Hall–Kier alpha value is -2.24. The molecule has 0 spiro atoms. The van der Waals surface area contributed by atoms with Gasteiger partial charge in [-0.1, -0.05) is 19.8 Å². The minimum Gasteiger partial charge on any atom is -0.337 e. The molecule has 0 unspecified atom stereocenters. The molecular formula is C19H25FN4O. The SMILES string of the molecule is CCCC1CCC(N(C)C(=O)c2cnn(-c3ccc(F)cc3)n2)CC1. The van der Waals surface area contributed by atoms with Crippen LogP contribution in [0, 0.1) is 11.7 Å². The normalized spacial score (nSPS) is 20.4. The predicted octanol–water partition coefficient (Wildman–Crippen LogP) is 3.84. The van der Waals surface area contributed by atoms with Crippen molar-refractivity contribution in [3.05, 3.63) is 42.0 Å². The molecule has 1 heterocycles. The van der Waals surface area contributed by atoms with E-state index >= 15 is 0 Å². The van der Waals surface area contributed by atoms with E-state index in [1.165, 1.54) is 48.8 Å². The van der Waals surface area contributed by atoms with Crippen LogP contribution < -0.4 is 0 Å². The maximum absolute atomic E-state index is 13.0. The fourth-order valence-corrected chi connectivity index (χ4v) is 3.64. The van der Waals surface area contributed by atoms with Gasteiger partial charge in [-0.3, -0.25) is 4.79 Å². The van der Waals surface area contributed by atoms with Gasteiger partial charge in [0.2, 0.25) is 0 Å². The van der Waals surface area contributed by atoms with E-state index in [2.05, 4.69) is 17.1 Å². The second kappa shape index (κ2) is 7.76. The molecule has 0 bridgehead atoms. The molecular weight excluding hydrogens is 319 g/mol. The molecule has 0 radical (unpaired) electrons. The third-order valence-corrected chi connectivity index (χ3v) is 5.15. The van der Waals surface area contributed by atoms with Gasteiger partial charge in [-0.2, -0.15) is 9.90 Å². The van der Waals surface area contributed by atoms with E-state index < -0.39 is 0 Å². The molecule has 134 valence electrons. The largest absolute Gasteiger partial charge is 0.337 e. The van der Waals surface area contributed by atoms with Crippen molar-refractivity contribution in [3.8, 4) is 5.69 Å². The predicted molar refractivity (Wildman–Crippen MR) is 94.1 cm³/mol. The summed E-state index contributed by atoms with van der Waals surface area (Å²) in [5.41, 5.74) is 0.950. The second-order valence-corrected chi connectivity index (χ2v) is 6.87. The molecule has 1 aromatic heterocycles. The van der Waals surface area contributed by atoms with E-state index in [0.717, 1.165) is 18.8 Å². The van der Waals surface area contributed by atoms with Crippen molar-refractivity contribution in [1.29, 1.82) is 0 Å². The first-order valence-electron chi connectivity index (χ1n) is 9.04. The van der Waals surface area contributed by atoms with Gasteiger partial charge in [0, 0.05) is 13.1 Å². The quantitative estimate of drug-likeness (QED) is 0.828. The van der Waals surface area contributed by atoms with Gasteiger partial charge in [0.05, 0.1) is 11.9 Å². The van der Waals surface area contributed by atoms with Crippen molar-refractivity contribution in [2.24, 2.45) is 5.92 Å². The third-order valence-electron chi connectivity index (χ3n) is 5.15. The van der Waals surface area contributed by atoms with Crippen LogP contribution >= 0.6 is 0 Å². The molecule has 1 aliphatic carbocycles. The van der Waals surface area contributed by atoms with Gasteiger partial charge in [0.1, 0.15) is 5.82 Å². The highest BCUT2D eigenvalue weighted by Crippen LogP contribution is 2.30. The molecule has 1 fully saturated rings. The molecule has 1 aliphatic rings. The minimum absolute atomic E-state index is 0.104. The van der Waals surface area contributed by atoms with Gasteiger partial charge in [0.25, 0.3) is 5.91 Å². The second-order valence-electron chi connectivity index (χ2n) is 6.87. The number of hydrogen-bond donors (Lipinski definition) is 0. The number of rotatable bonds is 5. The number of benzene rings is 1. The highest BCUT2D eigenvalue weighted by Gasteiger charge is 2.28. The number of halogens is 1. The molecule has 0 saturated heterocycles. The number of amides is 1. The van der Waals surface area contributed by atoms with E-state index in [9.17, 15) is 9.18 Å². The highest BCUT2D eigenvalue weighted by atomic mass is 19.1. The number of aromatic nitrogens is 3. The number of hydrogen-bond acceptors (Lipinski definition) is 3. The van der Waals surface area contributed by atoms with Gasteiger partial charge in [-0.25, -0.2) is 4.39 Å². The van der Waals surface area contributed by atoms with Crippen LogP contribution in [0.2, 0.25) is 0 Å². The standard InChI is InChI=1S/C19H25FN4O/c1-3-4-14-5-9-16(10-6-14)23(2)19(25)18-13-21-24(22-18)17-11-7-15(20)8-12-17/h7-8,11-14,16H,3-6,9-10H2,1-2H3. The summed E-state index contributed by atoms with van der Waals surface area (Å²) in [6, 6.07) is 6.14. The molecule has 25 heavy (non-hydrogen) atoms. The summed E-state index contributed by atoms with van der Waals surface area (Å²) in [6.45, 7) is 2.23. The molecule has 1 amide bonds. The van der Waals surface area contributed by atoms with E-state index in [4.69, 9.17) is 0 Å². The maximum Gasteiger partial charge on any atom is 0.276 e. The first-order chi connectivity index (χ1) is 12.1. The van der Waals surface area contributed by atoms with Gasteiger partial charge in [-0.15, -0.1) is 5.10 Å². The average Bonchev–Trinajstić information content (AvgIpc) is 3.12. The smallest absolute Gasteiger partial charge is 0.276 e. The van der Waals surface area contributed by atoms with E-state index in [0.29, 0.717) is 11.4 Å². The monoisotopic (exact) mass is 344 g/mol. The number of nitrogens with zero attached hydrogens (tertiary/aromatic N) is 4. The van der Waals surface area contributed by atoms with Gasteiger partial charge >= 0.3 is 0 Å². The van der Waals surface area contributed by atoms with E-state index in [1.807, 2.05) is 7.05 Å². The van der Waals surface area contributed by atoms with Crippen molar-refractivity contribution < 1.29 is 9.18 Å². The van der Waals surface area contributed by atoms with Crippen molar-refractivity contribution in [1.82, 2.24) is 19.9 Å². The lowest BCUT2D eigenvalue weighted by Crippen LogP contribution is -2.39. The fraction of sp³-hybridized carbons (Fsp3) is 0.526. The lowest BCUT2D eigenvalue weighted by Gasteiger charge is -2.34.